The molecule has 0 aromatic carbocycles. The molecule has 1 saturated carbocycles. The van der Waals surface area contributed by atoms with Gasteiger partial charge in [-0.15, -0.1) is 0 Å². The van der Waals surface area contributed by atoms with E-state index in [4.69, 9.17) is 24.7 Å². The summed E-state index contributed by atoms with van der Waals surface area (Å²) >= 11 is 0. The summed E-state index contributed by atoms with van der Waals surface area (Å²) in [4.78, 5) is 32.8. The molecule has 0 atom stereocenters. The Hall–Kier alpha value is -3.93. The van der Waals surface area contributed by atoms with Gasteiger partial charge < -0.3 is 4.74 Å². The normalized spacial score (nSPS) is 21.7. The van der Waals surface area contributed by atoms with Gasteiger partial charge in [-0.05, 0) is 123 Å². The molecular formula is C34H36N4O2. The summed E-state index contributed by atoms with van der Waals surface area (Å²) in [6.07, 6.45) is 11.0. The van der Waals surface area contributed by atoms with E-state index in [9.17, 15) is 4.79 Å². The number of hydrogen-bond acceptors (Lipinski definition) is 6. The molecule has 0 aromatic heterocycles. The molecule has 6 rings (SSSR count). The molecule has 1 fully saturated rings. The first kappa shape index (κ1) is 26.3. The molecular weight excluding hydrogens is 496 g/mol. The molecule has 1 aliphatic carbocycles. The van der Waals surface area contributed by atoms with Gasteiger partial charge in [0.15, 0.2) is 0 Å². The minimum atomic E-state index is -0.212. The van der Waals surface area contributed by atoms with Crippen LogP contribution in [0.5, 0.6) is 0 Å². The van der Waals surface area contributed by atoms with E-state index >= 15 is 0 Å². The zero-order chi connectivity index (χ0) is 28.3. The largest absolute Gasteiger partial charge is 0.469 e. The molecule has 0 aromatic rings. The Balaban J connectivity index is 1.61. The second-order valence-electron chi connectivity index (χ2n) is 11.1. The number of carbonyl (C=O) groups excluding carboxylic acids is 1. The molecule has 6 nitrogen and oxygen atoms in total. The van der Waals surface area contributed by atoms with Crippen molar-refractivity contribution in [3.05, 3.63) is 91.2 Å². The number of esters is 1. The quantitative estimate of drug-likeness (QED) is 0.343. The summed E-state index contributed by atoms with van der Waals surface area (Å²) in [6.45, 7) is 13.0. The first-order valence-corrected chi connectivity index (χ1v) is 14.4. The topological polar surface area (TPSA) is 75.7 Å². The van der Waals surface area contributed by atoms with Gasteiger partial charge in [0.05, 0.1) is 52.7 Å². The van der Waals surface area contributed by atoms with Crippen LogP contribution >= 0.6 is 0 Å². The Bertz CT molecular complexity index is 1670. The Morgan fingerprint density at radius 1 is 0.700 bits per heavy atom. The van der Waals surface area contributed by atoms with Crippen LogP contribution in [0.3, 0.4) is 0 Å². The fourth-order valence-electron chi connectivity index (χ4n) is 6.58. The average molecular weight is 533 g/mol. The lowest BCUT2D eigenvalue weighted by Crippen LogP contribution is -2.04. The Kier molecular flexibility index (Phi) is 6.52. The van der Waals surface area contributed by atoms with Crippen molar-refractivity contribution in [1.82, 2.24) is 0 Å². The lowest BCUT2D eigenvalue weighted by molar-refractivity contribution is -0.140. The first-order valence-electron chi connectivity index (χ1n) is 14.4. The molecule has 40 heavy (non-hydrogen) atoms. The van der Waals surface area contributed by atoms with E-state index in [-0.39, 0.29) is 5.97 Å². The van der Waals surface area contributed by atoms with Crippen molar-refractivity contribution in [2.24, 2.45) is 20.0 Å². The number of rotatable bonds is 5. The van der Waals surface area contributed by atoms with Gasteiger partial charge in [0.1, 0.15) is 0 Å². The molecule has 6 heteroatoms. The van der Waals surface area contributed by atoms with Crippen LogP contribution in [0.2, 0.25) is 0 Å². The summed E-state index contributed by atoms with van der Waals surface area (Å²) in [7, 11) is 1.44. The first-order chi connectivity index (χ1) is 19.2. The van der Waals surface area contributed by atoms with Gasteiger partial charge in [-0.2, -0.15) is 0 Å². The highest BCUT2D eigenvalue weighted by Gasteiger charge is 2.35. The molecule has 204 valence electrons. The van der Waals surface area contributed by atoms with Gasteiger partial charge in [-0.25, -0.2) is 20.0 Å². The Morgan fingerprint density at radius 3 is 1.82 bits per heavy atom. The molecule has 0 amide bonds. The van der Waals surface area contributed by atoms with E-state index in [0.717, 1.165) is 82.5 Å². The fourth-order valence-corrected chi connectivity index (χ4v) is 6.58. The van der Waals surface area contributed by atoms with E-state index in [1.807, 2.05) is 0 Å². The van der Waals surface area contributed by atoms with Gasteiger partial charge >= 0.3 is 5.97 Å². The lowest BCUT2D eigenvalue weighted by Gasteiger charge is -2.09. The third-order valence-corrected chi connectivity index (χ3v) is 9.01. The van der Waals surface area contributed by atoms with E-state index < -0.39 is 0 Å². The molecule has 0 N–H and O–H groups in total. The van der Waals surface area contributed by atoms with Crippen LogP contribution in [-0.2, 0) is 9.53 Å². The van der Waals surface area contributed by atoms with Gasteiger partial charge in [0, 0.05) is 12.0 Å². The highest BCUT2D eigenvalue weighted by molar-refractivity contribution is 6.22. The Labute approximate surface area is 236 Å². The van der Waals surface area contributed by atoms with Crippen LogP contribution in [0.4, 0.5) is 0 Å². The maximum Gasteiger partial charge on any atom is 0.305 e. The average Bonchev–Trinajstić information content (AvgIpc) is 3.70. The number of hydrogen-bond donors (Lipinski definition) is 0. The van der Waals surface area contributed by atoms with Crippen molar-refractivity contribution in [2.75, 3.05) is 7.11 Å². The van der Waals surface area contributed by atoms with Crippen molar-refractivity contribution in [3.8, 4) is 0 Å². The zero-order valence-electron chi connectivity index (χ0n) is 24.6. The number of ether oxygens (including phenoxy) is 1. The minimum Gasteiger partial charge on any atom is -0.469 e. The van der Waals surface area contributed by atoms with Gasteiger partial charge in [0.25, 0.3) is 0 Å². The maximum absolute atomic E-state index is 12.1. The van der Waals surface area contributed by atoms with Crippen molar-refractivity contribution >= 4 is 28.8 Å². The van der Waals surface area contributed by atoms with E-state index in [1.54, 1.807) is 0 Å². The van der Waals surface area contributed by atoms with Gasteiger partial charge in [0.2, 0.25) is 0 Å². The molecule has 5 heterocycles. The zero-order valence-corrected chi connectivity index (χ0v) is 24.6. The van der Waals surface area contributed by atoms with Gasteiger partial charge in [-0.3, -0.25) is 4.79 Å². The van der Waals surface area contributed by atoms with Crippen molar-refractivity contribution < 1.29 is 9.53 Å². The molecule has 0 saturated heterocycles. The molecule has 6 aliphatic rings. The highest BCUT2D eigenvalue weighted by Crippen LogP contribution is 2.44. The summed E-state index contributed by atoms with van der Waals surface area (Å²) in [5, 5.41) is 0. The van der Waals surface area contributed by atoms with Crippen molar-refractivity contribution in [2.45, 2.75) is 80.1 Å². The van der Waals surface area contributed by atoms with Crippen LogP contribution in [0, 0.1) is 0 Å². The standard InChI is InChI=1S/C34H36N4O2/c1-8-21-17(3)26-14-28-20(6)24(12-13-32(39)40-7)34(37-28)25-11-10-23-19(5)29(38-33(23)25)16-31-22(9-2)18(4)27(36-31)15-30(21)35-26/h14-16H,8-13H2,1-7H3. The predicted molar refractivity (Wildman–Crippen MR) is 163 cm³/mol. The van der Waals surface area contributed by atoms with Crippen LogP contribution in [0.15, 0.2) is 111 Å². The number of allylic oxidation sites excluding steroid dienone is 12. The highest BCUT2D eigenvalue weighted by atomic mass is 16.5. The molecule has 0 radical (unpaired) electrons. The summed E-state index contributed by atoms with van der Waals surface area (Å²) in [5.41, 5.74) is 18.6. The maximum atomic E-state index is 12.1. The lowest BCUT2D eigenvalue weighted by atomic mass is 9.96. The third-order valence-electron chi connectivity index (χ3n) is 9.01. The van der Waals surface area contributed by atoms with Crippen LogP contribution in [0.1, 0.15) is 80.1 Å². The van der Waals surface area contributed by atoms with Gasteiger partial charge in [-0.1, -0.05) is 13.8 Å². The van der Waals surface area contributed by atoms with Crippen LogP contribution in [-0.4, -0.2) is 35.9 Å². The Morgan fingerprint density at radius 2 is 1.25 bits per heavy atom. The van der Waals surface area contributed by atoms with E-state index in [2.05, 4.69) is 59.8 Å². The van der Waals surface area contributed by atoms with Crippen LogP contribution in [0.25, 0.3) is 0 Å². The van der Waals surface area contributed by atoms with Crippen LogP contribution < -0.4 is 0 Å². The SMILES string of the molecule is CCC1=C(C)C2=CC3=NC(=C4CCC5=C(C)C(=CC6=NC(=CC1=N2)C(C)=C6CC)N=C54)C(CCC(=O)OC)=C3C. The molecule has 5 aliphatic heterocycles. The number of fused-ring (bicyclic) bond motifs is 4. The molecule has 0 unspecified atom stereocenters. The summed E-state index contributed by atoms with van der Waals surface area (Å²) < 4.78 is 4.97. The minimum absolute atomic E-state index is 0.212. The predicted octanol–water partition coefficient (Wildman–Crippen LogP) is 7.56. The van der Waals surface area contributed by atoms with E-state index in [0.29, 0.717) is 12.8 Å². The number of carbonyl (C=O) groups is 1. The van der Waals surface area contributed by atoms with Crippen molar-refractivity contribution in [3.63, 3.8) is 0 Å². The number of methoxy groups -OCH3 is 1. The smallest absolute Gasteiger partial charge is 0.305 e. The summed E-state index contributed by atoms with van der Waals surface area (Å²) in [6, 6.07) is 0. The fraction of sp³-hybridized carbons (Fsp3) is 0.382. The number of aliphatic imine (C=N–C) groups is 4. The van der Waals surface area contributed by atoms with E-state index in [1.165, 1.54) is 46.1 Å². The number of nitrogens with zero attached hydrogens (tertiary/aromatic N) is 4. The second-order valence-corrected chi connectivity index (χ2v) is 11.1. The van der Waals surface area contributed by atoms with Crippen molar-refractivity contribution in [1.29, 1.82) is 0 Å². The monoisotopic (exact) mass is 532 g/mol. The molecule has 8 bridgehead atoms. The molecule has 0 spiro atoms. The summed E-state index contributed by atoms with van der Waals surface area (Å²) in [5.74, 6) is -0.212. The third kappa shape index (κ3) is 4.04. The second kappa shape index (κ2) is 9.92.